The van der Waals surface area contributed by atoms with Gasteiger partial charge in [0.05, 0.1) is 0 Å². The van der Waals surface area contributed by atoms with E-state index in [1.54, 1.807) is 30.3 Å². The number of rotatable bonds is 9. The van der Waals surface area contributed by atoms with Crippen molar-refractivity contribution in [1.29, 1.82) is 5.26 Å². The lowest BCUT2D eigenvalue weighted by Crippen LogP contribution is -2.12. The molecule has 0 saturated heterocycles. The molecule has 0 radical (unpaired) electrons. The summed E-state index contributed by atoms with van der Waals surface area (Å²) in [4.78, 5) is 11.0. The number of para-hydroxylation sites is 1. The summed E-state index contributed by atoms with van der Waals surface area (Å²) in [5.74, 6) is 0.747. The van der Waals surface area contributed by atoms with Crippen LogP contribution in [-0.2, 0) is 11.2 Å². The maximum absolute atomic E-state index is 11.0. The van der Waals surface area contributed by atoms with E-state index in [1.165, 1.54) is 6.08 Å². The summed E-state index contributed by atoms with van der Waals surface area (Å²) < 4.78 is 11.4. The Morgan fingerprint density at radius 3 is 2.46 bits per heavy atom. The van der Waals surface area contributed by atoms with Gasteiger partial charge in [0.15, 0.2) is 0 Å². The Kier molecular flexibility index (Phi) is 7.02. The Morgan fingerprint density at radius 1 is 1.12 bits per heavy atom. The van der Waals surface area contributed by atoms with E-state index in [-0.39, 0.29) is 5.57 Å². The van der Waals surface area contributed by atoms with Crippen molar-refractivity contribution in [3.05, 3.63) is 77.9 Å². The Hall–Kier alpha value is -3.52. The van der Waals surface area contributed by atoms with E-state index in [4.69, 9.17) is 20.5 Å². The maximum atomic E-state index is 11.0. The van der Waals surface area contributed by atoms with Gasteiger partial charge in [0.25, 0.3) is 5.91 Å². The van der Waals surface area contributed by atoms with E-state index in [0.717, 1.165) is 17.7 Å². The van der Waals surface area contributed by atoms with Crippen LogP contribution in [0.15, 0.2) is 66.8 Å². The number of carbonyl (C=O) groups is 1. The van der Waals surface area contributed by atoms with E-state index in [9.17, 15) is 4.79 Å². The van der Waals surface area contributed by atoms with Crippen LogP contribution in [0.4, 0.5) is 0 Å². The molecule has 26 heavy (non-hydrogen) atoms. The number of allylic oxidation sites excluding steroid dienone is 1. The number of nitriles is 1. The summed E-state index contributed by atoms with van der Waals surface area (Å²) in [5.41, 5.74) is 6.80. The summed E-state index contributed by atoms with van der Waals surface area (Å²) in [7, 11) is 0. The number of hydrogen-bond donors (Lipinski definition) is 1. The lowest BCUT2D eigenvalue weighted by molar-refractivity contribution is -0.114. The first-order valence-electron chi connectivity index (χ1n) is 8.10. The summed E-state index contributed by atoms with van der Waals surface area (Å²) >= 11 is 0. The first kappa shape index (κ1) is 18.8. The van der Waals surface area contributed by atoms with Crippen molar-refractivity contribution >= 4 is 12.0 Å². The van der Waals surface area contributed by atoms with Gasteiger partial charge in [0, 0.05) is 0 Å². The SMILES string of the molecule is C=CCc1ccccc1OCCOc1ccc(/C=C(\C#N)C(N)=O)cc1. The third-order valence-electron chi connectivity index (χ3n) is 3.52. The highest BCUT2D eigenvalue weighted by Gasteiger charge is 2.04. The van der Waals surface area contributed by atoms with Crippen LogP contribution in [0.25, 0.3) is 6.08 Å². The zero-order valence-corrected chi connectivity index (χ0v) is 14.4. The van der Waals surface area contributed by atoms with Crippen LogP contribution in [-0.4, -0.2) is 19.1 Å². The zero-order chi connectivity index (χ0) is 18.8. The number of nitrogens with two attached hydrogens (primary N) is 1. The van der Waals surface area contributed by atoms with Gasteiger partial charge in [-0.25, -0.2) is 0 Å². The minimum atomic E-state index is -0.748. The second-order valence-corrected chi connectivity index (χ2v) is 5.40. The normalized spacial score (nSPS) is 10.7. The van der Waals surface area contributed by atoms with Crippen LogP contribution in [0.5, 0.6) is 11.5 Å². The fraction of sp³-hybridized carbons (Fsp3) is 0.143. The van der Waals surface area contributed by atoms with Crippen molar-refractivity contribution < 1.29 is 14.3 Å². The average molecular weight is 348 g/mol. The Labute approximate surface area is 153 Å². The second kappa shape index (κ2) is 9.70. The van der Waals surface area contributed by atoms with E-state index < -0.39 is 5.91 Å². The van der Waals surface area contributed by atoms with E-state index in [2.05, 4.69) is 6.58 Å². The largest absolute Gasteiger partial charge is 0.490 e. The monoisotopic (exact) mass is 348 g/mol. The van der Waals surface area contributed by atoms with Crippen molar-refractivity contribution in [3.8, 4) is 17.6 Å². The Morgan fingerprint density at radius 2 is 1.81 bits per heavy atom. The summed E-state index contributed by atoms with van der Waals surface area (Å²) in [6.45, 7) is 4.55. The van der Waals surface area contributed by atoms with Crippen LogP contribution < -0.4 is 15.2 Å². The van der Waals surface area contributed by atoms with E-state index in [0.29, 0.717) is 24.5 Å². The number of nitrogens with zero attached hydrogens (tertiary/aromatic N) is 1. The highest BCUT2D eigenvalue weighted by molar-refractivity contribution is 6.00. The topological polar surface area (TPSA) is 85.3 Å². The van der Waals surface area contributed by atoms with Crippen LogP contribution in [0.3, 0.4) is 0 Å². The van der Waals surface area contributed by atoms with Gasteiger partial charge in [-0.3, -0.25) is 4.79 Å². The molecule has 5 nitrogen and oxygen atoms in total. The highest BCUT2D eigenvalue weighted by Crippen LogP contribution is 2.19. The van der Waals surface area contributed by atoms with Gasteiger partial charge in [0.1, 0.15) is 36.4 Å². The van der Waals surface area contributed by atoms with Crippen molar-refractivity contribution in [3.63, 3.8) is 0 Å². The third kappa shape index (κ3) is 5.53. The third-order valence-corrected chi connectivity index (χ3v) is 3.52. The smallest absolute Gasteiger partial charge is 0.259 e. The minimum Gasteiger partial charge on any atom is -0.490 e. The number of benzene rings is 2. The van der Waals surface area contributed by atoms with Gasteiger partial charge in [-0.1, -0.05) is 36.4 Å². The molecule has 132 valence electrons. The molecule has 0 aliphatic carbocycles. The predicted molar refractivity (Wildman–Crippen MR) is 101 cm³/mol. The molecule has 0 aromatic heterocycles. The molecule has 0 heterocycles. The second-order valence-electron chi connectivity index (χ2n) is 5.40. The molecule has 0 bridgehead atoms. The summed E-state index contributed by atoms with van der Waals surface area (Å²) in [6, 6.07) is 16.6. The molecule has 2 N–H and O–H groups in total. The molecule has 0 aliphatic rings. The molecule has 0 aliphatic heterocycles. The first-order chi connectivity index (χ1) is 12.6. The fourth-order valence-electron chi connectivity index (χ4n) is 2.27. The van der Waals surface area contributed by atoms with Gasteiger partial charge in [-0.2, -0.15) is 5.26 Å². The van der Waals surface area contributed by atoms with Crippen molar-refractivity contribution in [2.45, 2.75) is 6.42 Å². The Balaban J connectivity index is 1.86. The number of carbonyl (C=O) groups excluding carboxylic acids is 1. The number of hydrogen-bond acceptors (Lipinski definition) is 4. The van der Waals surface area contributed by atoms with Gasteiger partial charge in [-0.15, -0.1) is 6.58 Å². The van der Waals surface area contributed by atoms with Crippen LogP contribution in [0.2, 0.25) is 0 Å². The molecule has 2 aromatic rings. The van der Waals surface area contributed by atoms with Gasteiger partial charge >= 0.3 is 0 Å². The summed E-state index contributed by atoms with van der Waals surface area (Å²) in [6.07, 6.45) is 4.03. The first-order valence-corrected chi connectivity index (χ1v) is 8.10. The molecule has 0 spiro atoms. The number of amides is 1. The quantitative estimate of drug-likeness (QED) is 0.326. The zero-order valence-electron chi connectivity index (χ0n) is 14.4. The molecular formula is C21H20N2O3. The molecule has 5 heteroatoms. The van der Waals surface area contributed by atoms with Crippen molar-refractivity contribution in [1.82, 2.24) is 0 Å². The molecule has 2 rings (SSSR count). The Bertz CT molecular complexity index is 833. The van der Waals surface area contributed by atoms with Crippen LogP contribution in [0.1, 0.15) is 11.1 Å². The number of primary amides is 1. The van der Waals surface area contributed by atoms with Crippen LogP contribution >= 0.6 is 0 Å². The van der Waals surface area contributed by atoms with Crippen molar-refractivity contribution in [2.75, 3.05) is 13.2 Å². The maximum Gasteiger partial charge on any atom is 0.259 e. The molecule has 1 amide bonds. The molecular weight excluding hydrogens is 328 g/mol. The molecule has 0 atom stereocenters. The molecule has 0 fully saturated rings. The highest BCUT2D eigenvalue weighted by atomic mass is 16.5. The predicted octanol–water partition coefficient (Wildman–Crippen LogP) is 3.27. The van der Waals surface area contributed by atoms with E-state index >= 15 is 0 Å². The van der Waals surface area contributed by atoms with E-state index in [1.807, 2.05) is 30.3 Å². The number of ether oxygens (including phenoxy) is 2. The molecule has 2 aromatic carbocycles. The van der Waals surface area contributed by atoms with Gasteiger partial charge in [0.2, 0.25) is 0 Å². The van der Waals surface area contributed by atoms with Crippen molar-refractivity contribution in [2.24, 2.45) is 5.73 Å². The van der Waals surface area contributed by atoms with Gasteiger partial charge in [-0.05, 0) is 41.8 Å². The minimum absolute atomic E-state index is 0.0924. The van der Waals surface area contributed by atoms with Gasteiger partial charge < -0.3 is 15.2 Å². The molecule has 0 unspecified atom stereocenters. The average Bonchev–Trinajstić information content (AvgIpc) is 2.65. The summed E-state index contributed by atoms with van der Waals surface area (Å²) in [5, 5.41) is 8.84. The fourth-order valence-corrected chi connectivity index (χ4v) is 2.27. The standard InChI is InChI=1S/C21H20N2O3/c1-2-5-17-6-3-4-7-20(17)26-13-12-25-19-10-8-16(9-11-19)14-18(15-22)21(23)24/h2-4,6-11,14H,1,5,12-13H2,(H2,23,24)/b18-14+. The molecule has 0 saturated carbocycles. The lowest BCUT2D eigenvalue weighted by Gasteiger charge is -2.11. The van der Waals surface area contributed by atoms with Crippen LogP contribution in [0, 0.1) is 11.3 Å². The lowest BCUT2D eigenvalue weighted by atomic mass is 10.1.